The van der Waals surface area contributed by atoms with Crippen LogP contribution in [0.2, 0.25) is 0 Å². The molecular weight excluding hydrogens is 292 g/mol. The SMILES string of the molecule is CO[C@H]1CN(CCN)CCN(CCOc2ccc(C#N)cc2)C1. The van der Waals surface area contributed by atoms with Crippen LogP contribution in [0.4, 0.5) is 0 Å². The van der Waals surface area contributed by atoms with E-state index in [2.05, 4.69) is 15.9 Å². The normalized spacial score (nSPS) is 20.0. The summed E-state index contributed by atoms with van der Waals surface area (Å²) in [5, 5.41) is 8.79. The lowest BCUT2D eigenvalue weighted by molar-refractivity contribution is 0.0578. The van der Waals surface area contributed by atoms with E-state index in [0.29, 0.717) is 18.7 Å². The van der Waals surface area contributed by atoms with Crippen LogP contribution in [0.5, 0.6) is 5.75 Å². The molecule has 0 bridgehead atoms. The number of hydrogen-bond acceptors (Lipinski definition) is 6. The predicted octanol–water partition coefficient (Wildman–Crippen LogP) is 0.528. The van der Waals surface area contributed by atoms with E-state index in [9.17, 15) is 0 Å². The molecule has 1 fully saturated rings. The standard InChI is InChI=1S/C17H26N4O2/c1-22-17-13-20(7-6-18)8-9-21(14-17)10-11-23-16-4-2-15(12-19)3-5-16/h2-5,17H,6-11,13-14,18H2,1H3/t17-/m0/s1. The first-order chi connectivity index (χ1) is 11.2. The van der Waals surface area contributed by atoms with E-state index < -0.39 is 0 Å². The monoisotopic (exact) mass is 318 g/mol. The molecule has 0 amide bonds. The molecule has 1 heterocycles. The fourth-order valence-corrected chi connectivity index (χ4v) is 2.76. The largest absolute Gasteiger partial charge is 0.492 e. The predicted molar refractivity (Wildman–Crippen MR) is 89.4 cm³/mol. The average Bonchev–Trinajstić information content (AvgIpc) is 2.78. The Balaban J connectivity index is 1.78. The van der Waals surface area contributed by atoms with Crippen molar-refractivity contribution in [1.29, 1.82) is 5.26 Å². The molecule has 0 spiro atoms. The quantitative estimate of drug-likeness (QED) is 0.790. The number of hydrogen-bond donors (Lipinski definition) is 1. The van der Waals surface area contributed by atoms with Gasteiger partial charge in [-0.05, 0) is 24.3 Å². The van der Waals surface area contributed by atoms with Gasteiger partial charge in [0.05, 0.1) is 17.7 Å². The van der Waals surface area contributed by atoms with Gasteiger partial charge in [0, 0.05) is 52.9 Å². The summed E-state index contributed by atoms with van der Waals surface area (Å²) in [7, 11) is 1.77. The summed E-state index contributed by atoms with van der Waals surface area (Å²) in [6, 6.07) is 9.32. The molecule has 2 rings (SSSR count). The van der Waals surface area contributed by atoms with Crippen molar-refractivity contribution in [3.05, 3.63) is 29.8 Å². The van der Waals surface area contributed by atoms with Crippen LogP contribution in [0.25, 0.3) is 0 Å². The van der Waals surface area contributed by atoms with E-state index in [4.69, 9.17) is 20.5 Å². The minimum Gasteiger partial charge on any atom is -0.492 e. The van der Waals surface area contributed by atoms with Crippen LogP contribution in [0.3, 0.4) is 0 Å². The van der Waals surface area contributed by atoms with Crippen LogP contribution in [0, 0.1) is 11.3 Å². The molecule has 0 aliphatic carbocycles. The van der Waals surface area contributed by atoms with Gasteiger partial charge < -0.3 is 15.2 Å². The van der Waals surface area contributed by atoms with Gasteiger partial charge >= 0.3 is 0 Å². The van der Waals surface area contributed by atoms with Gasteiger partial charge in [0.2, 0.25) is 0 Å². The molecule has 2 N–H and O–H groups in total. The molecule has 1 aromatic rings. The topological polar surface area (TPSA) is 74.8 Å². The van der Waals surface area contributed by atoms with E-state index >= 15 is 0 Å². The number of methoxy groups -OCH3 is 1. The van der Waals surface area contributed by atoms with Gasteiger partial charge in [-0.3, -0.25) is 9.80 Å². The average molecular weight is 318 g/mol. The first-order valence-electron chi connectivity index (χ1n) is 8.05. The lowest BCUT2D eigenvalue weighted by Crippen LogP contribution is -2.37. The molecule has 0 saturated carbocycles. The fraction of sp³-hybridized carbons (Fsp3) is 0.588. The molecular formula is C17H26N4O2. The Kier molecular flexibility index (Phi) is 7.30. The minimum atomic E-state index is 0.207. The number of nitriles is 1. The molecule has 1 aromatic carbocycles. The second kappa shape index (κ2) is 9.48. The highest BCUT2D eigenvalue weighted by Gasteiger charge is 2.21. The van der Waals surface area contributed by atoms with Gasteiger partial charge in [0.25, 0.3) is 0 Å². The van der Waals surface area contributed by atoms with Gasteiger partial charge in [0.1, 0.15) is 12.4 Å². The van der Waals surface area contributed by atoms with Gasteiger partial charge in [-0.15, -0.1) is 0 Å². The summed E-state index contributed by atoms with van der Waals surface area (Å²) in [6.07, 6.45) is 0.207. The zero-order chi connectivity index (χ0) is 16.5. The molecule has 1 aliphatic heterocycles. The number of ether oxygens (including phenoxy) is 2. The van der Waals surface area contributed by atoms with Crippen molar-refractivity contribution >= 4 is 0 Å². The van der Waals surface area contributed by atoms with Crippen LogP contribution in [0.15, 0.2) is 24.3 Å². The second-order valence-corrected chi connectivity index (χ2v) is 5.73. The van der Waals surface area contributed by atoms with Crippen molar-refractivity contribution in [2.24, 2.45) is 5.73 Å². The summed E-state index contributed by atoms with van der Waals surface area (Å²) in [6.45, 7) is 6.92. The highest BCUT2D eigenvalue weighted by atomic mass is 16.5. The summed E-state index contributed by atoms with van der Waals surface area (Å²) < 4.78 is 11.3. The Labute approximate surface area is 138 Å². The lowest BCUT2D eigenvalue weighted by Gasteiger charge is -2.23. The Morgan fingerprint density at radius 3 is 2.39 bits per heavy atom. The molecule has 6 heteroatoms. The van der Waals surface area contributed by atoms with Crippen LogP contribution >= 0.6 is 0 Å². The summed E-state index contributed by atoms with van der Waals surface area (Å²) in [4.78, 5) is 4.73. The van der Waals surface area contributed by atoms with Gasteiger partial charge in [-0.2, -0.15) is 5.26 Å². The third-order valence-electron chi connectivity index (χ3n) is 4.09. The van der Waals surface area contributed by atoms with E-state index in [1.54, 1.807) is 19.2 Å². The zero-order valence-corrected chi connectivity index (χ0v) is 13.8. The summed E-state index contributed by atoms with van der Waals surface area (Å²) in [5.74, 6) is 0.798. The molecule has 23 heavy (non-hydrogen) atoms. The number of nitrogens with two attached hydrogens (primary N) is 1. The van der Waals surface area contributed by atoms with E-state index in [-0.39, 0.29) is 6.10 Å². The van der Waals surface area contributed by atoms with Gasteiger partial charge in [-0.25, -0.2) is 0 Å². The Bertz CT molecular complexity index is 500. The molecule has 126 valence electrons. The maximum absolute atomic E-state index is 8.79. The van der Waals surface area contributed by atoms with E-state index in [1.165, 1.54) is 0 Å². The smallest absolute Gasteiger partial charge is 0.119 e. The molecule has 0 radical (unpaired) electrons. The van der Waals surface area contributed by atoms with Crippen LogP contribution < -0.4 is 10.5 Å². The highest BCUT2D eigenvalue weighted by Crippen LogP contribution is 2.12. The van der Waals surface area contributed by atoms with Crippen LogP contribution in [-0.2, 0) is 4.74 Å². The second-order valence-electron chi connectivity index (χ2n) is 5.73. The first kappa shape index (κ1) is 17.7. The molecule has 0 unspecified atom stereocenters. The maximum atomic E-state index is 8.79. The highest BCUT2D eigenvalue weighted by molar-refractivity contribution is 5.34. The van der Waals surface area contributed by atoms with Crippen molar-refractivity contribution in [3.8, 4) is 11.8 Å². The number of rotatable bonds is 7. The molecule has 1 saturated heterocycles. The third kappa shape index (κ3) is 5.81. The lowest BCUT2D eigenvalue weighted by atomic mass is 10.2. The van der Waals surface area contributed by atoms with Crippen LogP contribution in [0.1, 0.15) is 5.56 Å². The van der Waals surface area contributed by atoms with Crippen molar-refractivity contribution in [2.75, 3.05) is 59.5 Å². The van der Waals surface area contributed by atoms with Gasteiger partial charge in [-0.1, -0.05) is 0 Å². The number of nitrogens with zero attached hydrogens (tertiary/aromatic N) is 3. The summed E-state index contributed by atoms with van der Waals surface area (Å²) >= 11 is 0. The molecule has 1 atom stereocenters. The Hall–Kier alpha value is -1.65. The molecule has 1 aliphatic rings. The van der Waals surface area contributed by atoms with Crippen molar-refractivity contribution in [2.45, 2.75) is 6.10 Å². The molecule has 6 nitrogen and oxygen atoms in total. The minimum absolute atomic E-state index is 0.207. The maximum Gasteiger partial charge on any atom is 0.119 e. The fourth-order valence-electron chi connectivity index (χ4n) is 2.76. The first-order valence-corrected chi connectivity index (χ1v) is 8.05. The molecule has 0 aromatic heterocycles. The summed E-state index contributed by atoms with van der Waals surface area (Å²) in [5.41, 5.74) is 6.31. The Morgan fingerprint density at radius 2 is 1.83 bits per heavy atom. The zero-order valence-electron chi connectivity index (χ0n) is 13.8. The van der Waals surface area contributed by atoms with E-state index in [0.717, 1.165) is 45.0 Å². The van der Waals surface area contributed by atoms with E-state index in [1.807, 2.05) is 12.1 Å². The van der Waals surface area contributed by atoms with Crippen LogP contribution in [-0.4, -0.2) is 75.4 Å². The third-order valence-corrected chi connectivity index (χ3v) is 4.09. The van der Waals surface area contributed by atoms with Gasteiger partial charge in [0.15, 0.2) is 0 Å². The van der Waals surface area contributed by atoms with Crippen molar-refractivity contribution in [3.63, 3.8) is 0 Å². The van der Waals surface area contributed by atoms with Crippen molar-refractivity contribution < 1.29 is 9.47 Å². The number of benzene rings is 1. The van der Waals surface area contributed by atoms with Crippen molar-refractivity contribution in [1.82, 2.24) is 9.80 Å². The Morgan fingerprint density at radius 1 is 1.17 bits per heavy atom.